The van der Waals surface area contributed by atoms with E-state index >= 15 is 0 Å². The van der Waals surface area contributed by atoms with Gasteiger partial charge < -0.3 is 4.74 Å². The minimum Gasteiger partial charge on any atom is -0.357 e. The average Bonchev–Trinajstić information content (AvgIpc) is 2.17. The fourth-order valence-corrected chi connectivity index (χ4v) is 1.52. The minimum atomic E-state index is -4.38. The zero-order chi connectivity index (χ0) is 12.2. The molecule has 5 heteroatoms. The molecule has 1 aromatic carbocycles. The summed E-state index contributed by atoms with van der Waals surface area (Å²) < 4.78 is 42.0. The van der Waals surface area contributed by atoms with Crippen molar-refractivity contribution in [3.63, 3.8) is 0 Å². The maximum atomic E-state index is 12.5. The van der Waals surface area contributed by atoms with Crippen LogP contribution in [0.25, 0.3) is 0 Å². The van der Waals surface area contributed by atoms with E-state index in [1.54, 1.807) is 24.3 Å². The molecule has 0 aliphatic rings. The van der Waals surface area contributed by atoms with Gasteiger partial charge in [-0.1, -0.05) is 30.3 Å². The highest BCUT2D eigenvalue weighted by Gasteiger charge is 2.42. The van der Waals surface area contributed by atoms with Crippen LogP contribution in [-0.2, 0) is 11.3 Å². The van der Waals surface area contributed by atoms with Gasteiger partial charge in [0.25, 0.3) is 0 Å². The van der Waals surface area contributed by atoms with Crippen LogP contribution in [0, 0.1) is 0 Å². The number of halogens is 3. The van der Waals surface area contributed by atoms with Gasteiger partial charge in [-0.2, -0.15) is 13.2 Å². The largest absolute Gasteiger partial charge is 0.428 e. The molecule has 2 nitrogen and oxygen atoms in total. The van der Waals surface area contributed by atoms with Gasteiger partial charge in [-0.3, -0.25) is 4.90 Å². The van der Waals surface area contributed by atoms with Gasteiger partial charge in [0.05, 0.1) is 0 Å². The zero-order valence-electron chi connectivity index (χ0n) is 9.16. The Morgan fingerprint density at radius 3 is 2.25 bits per heavy atom. The average molecular weight is 233 g/mol. The van der Waals surface area contributed by atoms with Crippen LogP contribution in [0.2, 0.25) is 0 Å². The van der Waals surface area contributed by atoms with Crippen LogP contribution < -0.4 is 0 Å². The number of rotatable bonds is 4. The highest BCUT2D eigenvalue weighted by Crippen LogP contribution is 2.25. The lowest BCUT2D eigenvalue weighted by atomic mass is 10.2. The first-order valence-electron chi connectivity index (χ1n) is 4.79. The second-order valence-electron chi connectivity index (χ2n) is 3.53. The Hall–Kier alpha value is -1.07. The molecular formula is C11H14F3NO. The molecule has 0 saturated heterocycles. The van der Waals surface area contributed by atoms with E-state index in [-0.39, 0.29) is 6.54 Å². The fraction of sp³-hybridized carbons (Fsp3) is 0.455. The maximum Gasteiger partial charge on any atom is 0.428 e. The number of alkyl halides is 3. The molecule has 1 unspecified atom stereocenters. The lowest BCUT2D eigenvalue weighted by Crippen LogP contribution is -2.44. The summed E-state index contributed by atoms with van der Waals surface area (Å²) in [7, 11) is 2.44. The molecular weight excluding hydrogens is 219 g/mol. The maximum absolute atomic E-state index is 12.5. The summed E-state index contributed by atoms with van der Waals surface area (Å²) >= 11 is 0. The molecule has 0 fully saturated rings. The van der Waals surface area contributed by atoms with Crippen LogP contribution >= 0.6 is 0 Å². The van der Waals surface area contributed by atoms with E-state index < -0.39 is 12.4 Å². The second kappa shape index (κ2) is 5.32. The molecule has 16 heavy (non-hydrogen) atoms. The SMILES string of the molecule is COC(N(C)Cc1ccccc1)C(F)(F)F. The molecule has 0 bridgehead atoms. The summed E-state index contributed by atoms with van der Waals surface area (Å²) in [5.41, 5.74) is 0.816. The quantitative estimate of drug-likeness (QED) is 0.741. The second-order valence-corrected chi connectivity index (χ2v) is 3.53. The van der Waals surface area contributed by atoms with Crippen molar-refractivity contribution in [2.75, 3.05) is 14.2 Å². The summed E-state index contributed by atoms with van der Waals surface area (Å²) in [5.74, 6) is 0. The van der Waals surface area contributed by atoms with Crippen LogP contribution in [0.3, 0.4) is 0 Å². The molecule has 90 valence electrons. The van der Waals surface area contributed by atoms with Gasteiger partial charge in [0.1, 0.15) is 0 Å². The molecule has 0 aliphatic heterocycles. The van der Waals surface area contributed by atoms with Crippen molar-refractivity contribution in [2.45, 2.75) is 18.9 Å². The first-order valence-corrected chi connectivity index (χ1v) is 4.79. The zero-order valence-corrected chi connectivity index (χ0v) is 9.16. The Kier molecular flexibility index (Phi) is 4.32. The van der Waals surface area contributed by atoms with E-state index in [0.29, 0.717) is 0 Å². The Morgan fingerprint density at radius 1 is 1.25 bits per heavy atom. The third-order valence-corrected chi connectivity index (χ3v) is 2.18. The molecule has 0 aliphatic carbocycles. The van der Waals surface area contributed by atoms with Crippen LogP contribution in [0.5, 0.6) is 0 Å². The highest BCUT2D eigenvalue weighted by atomic mass is 19.4. The highest BCUT2D eigenvalue weighted by molar-refractivity contribution is 5.14. The molecule has 0 saturated carbocycles. The van der Waals surface area contributed by atoms with Crippen LogP contribution in [0.15, 0.2) is 30.3 Å². The van der Waals surface area contributed by atoms with E-state index in [1.165, 1.54) is 7.05 Å². The van der Waals surface area contributed by atoms with E-state index in [9.17, 15) is 13.2 Å². The van der Waals surface area contributed by atoms with E-state index in [1.807, 2.05) is 6.07 Å². The first kappa shape index (κ1) is 13.0. The minimum absolute atomic E-state index is 0.193. The van der Waals surface area contributed by atoms with Gasteiger partial charge in [0.15, 0.2) is 0 Å². The normalized spacial score (nSPS) is 14.1. The summed E-state index contributed by atoms with van der Waals surface area (Å²) in [4.78, 5) is 1.12. The summed E-state index contributed by atoms with van der Waals surface area (Å²) in [6, 6.07) is 8.96. The third kappa shape index (κ3) is 3.50. The van der Waals surface area contributed by atoms with Crippen LogP contribution in [0.4, 0.5) is 13.2 Å². The van der Waals surface area contributed by atoms with Crippen LogP contribution in [-0.4, -0.2) is 31.5 Å². The van der Waals surface area contributed by atoms with E-state index in [4.69, 9.17) is 0 Å². The molecule has 0 N–H and O–H groups in total. The summed E-state index contributed by atoms with van der Waals surface area (Å²) in [5, 5.41) is 0. The van der Waals surface area contributed by atoms with Crippen molar-refractivity contribution >= 4 is 0 Å². The number of hydrogen-bond acceptors (Lipinski definition) is 2. The van der Waals surface area contributed by atoms with Crippen molar-refractivity contribution in [1.29, 1.82) is 0 Å². The monoisotopic (exact) mass is 233 g/mol. The smallest absolute Gasteiger partial charge is 0.357 e. The van der Waals surface area contributed by atoms with Gasteiger partial charge in [0.2, 0.25) is 6.23 Å². The predicted molar refractivity (Wildman–Crippen MR) is 54.8 cm³/mol. The van der Waals surface area contributed by atoms with Crippen molar-refractivity contribution in [3.05, 3.63) is 35.9 Å². The molecule has 1 atom stereocenters. The van der Waals surface area contributed by atoms with Gasteiger partial charge in [-0.25, -0.2) is 0 Å². The Morgan fingerprint density at radius 2 is 1.81 bits per heavy atom. The Bertz CT molecular complexity index is 313. The third-order valence-electron chi connectivity index (χ3n) is 2.18. The fourth-order valence-electron chi connectivity index (χ4n) is 1.52. The summed E-state index contributed by atoms with van der Waals surface area (Å²) in [6.07, 6.45) is -6.24. The molecule has 0 aromatic heterocycles. The lowest BCUT2D eigenvalue weighted by molar-refractivity contribution is -0.256. The van der Waals surface area contributed by atoms with Crippen molar-refractivity contribution < 1.29 is 17.9 Å². The predicted octanol–water partition coefficient (Wildman–Crippen LogP) is 2.65. The van der Waals surface area contributed by atoms with Crippen molar-refractivity contribution in [3.8, 4) is 0 Å². The number of ether oxygens (including phenoxy) is 1. The van der Waals surface area contributed by atoms with Crippen LogP contribution in [0.1, 0.15) is 5.56 Å². The van der Waals surface area contributed by atoms with Gasteiger partial charge in [-0.15, -0.1) is 0 Å². The molecule has 0 heterocycles. The molecule has 1 aromatic rings. The molecule has 0 amide bonds. The van der Waals surface area contributed by atoms with Gasteiger partial charge in [0, 0.05) is 13.7 Å². The topological polar surface area (TPSA) is 12.5 Å². The number of methoxy groups -OCH3 is 1. The van der Waals surface area contributed by atoms with E-state index in [0.717, 1.165) is 17.6 Å². The standard InChI is InChI=1S/C11H14F3NO/c1-15(10(16-2)11(12,13)14)8-9-6-4-3-5-7-9/h3-7,10H,8H2,1-2H3. The number of benzene rings is 1. The van der Waals surface area contributed by atoms with Crippen molar-refractivity contribution in [1.82, 2.24) is 4.90 Å². The Labute approximate surface area is 92.6 Å². The number of hydrogen-bond donors (Lipinski definition) is 0. The summed E-state index contributed by atoms with van der Waals surface area (Å²) in [6.45, 7) is 0.193. The van der Waals surface area contributed by atoms with Crippen molar-refractivity contribution in [2.24, 2.45) is 0 Å². The van der Waals surface area contributed by atoms with Gasteiger partial charge in [-0.05, 0) is 12.6 Å². The van der Waals surface area contributed by atoms with Gasteiger partial charge >= 0.3 is 6.18 Å². The lowest BCUT2D eigenvalue weighted by Gasteiger charge is -2.28. The molecule has 0 spiro atoms. The number of nitrogens with zero attached hydrogens (tertiary/aromatic N) is 1. The molecule has 0 radical (unpaired) electrons. The Balaban J connectivity index is 2.67. The van der Waals surface area contributed by atoms with E-state index in [2.05, 4.69) is 4.74 Å². The molecule has 1 rings (SSSR count). The first-order chi connectivity index (χ1) is 7.45.